The maximum Gasteiger partial charge on any atom is 0.271 e. The van der Waals surface area contributed by atoms with Crippen molar-refractivity contribution >= 4 is 29.8 Å². The summed E-state index contributed by atoms with van der Waals surface area (Å²) in [4.78, 5) is 12.3. The van der Waals surface area contributed by atoms with Gasteiger partial charge in [0.2, 0.25) is 6.29 Å². The van der Waals surface area contributed by atoms with Gasteiger partial charge in [-0.15, -0.1) is 0 Å². The largest absolute Gasteiger partial charge is 0.506 e. The molecule has 1 amide bonds. The molecule has 2 aromatic rings. The molecule has 1 fully saturated rings. The fourth-order valence-electron chi connectivity index (χ4n) is 3.94. The summed E-state index contributed by atoms with van der Waals surface area (Å²) in [7, 11) is 0. The zero-order chi connectivity index (χ0) is 22.7. The van der Waals surface area contributed by atoms with Crippen LogP contribution in [0.25, 0.3) is 6.08 Å². The number of nitrogens with zero attached hydrogens (tertiary/aromatic N) is 1. The molecule has 1 heterocycles. The topological polar surface area (TPSA) is 106 Å². The third kappa shape index (κ3) is 5.06. The summed E-state index contributed by atoms with van der Waals surface area (Å²) in [6.45, 7) is 1.83. The summed E-state index contributed by atoms with van der Waals surface area (Å²) in [5.41, 5.74) is 10.6. The van der Waals surface area contributed by atoms with Gasteiger partial charge in [-0.3, -0.25) is 4.79 Å². The van der Waals surface area contributed by atoms with Crippen LogP contribution < -0.4 is 20.6 Å². The van der Waals surface area contributed by atoms with Crippen molar-refractivity contribution in [2.75, 3.05) is 0 Å². The normalized spacial score (nSPS) is 19.5. The standard InChI is InChI=1S/C24H26ClN3O4/c1-15-31-21-12-16(14-27-28-23(30)18-5-6-20(29)19(25)13-18)11-17(22(21)32-15)7-10-24(26)8-3-2-4-9-24/h5-7,10-15,29H,2-4,8-9,26H2,1H3,(H,28,30)/b10-7+,27-14+. The molecule has 0 aromatic heterocycles. The van der Waals surface area contributed by atoms with Gasteiger partial charge >= 0.3 is 0 Å². The van der Waals surface area contributed by atoms with E-state index >= 15 is 0 Å². The Kier molecular flexibility index (Phi) is 6.39. The predicted octanol–water partition coefficient (Wildman–Crippen LogP) is 4.60. The van der Waals surface area contributed by atoms with Gasteiger partial charge in [0.1, 0.15) is 5.75 Å². The van der Waals surface area contributed by atoms with Crippen molar-refractivity contribution in [3.05, 3.63) is 58.1 Å². The Bertz CT molecular complexity index is 1080. The number of rotatable bonds is 5. The van der Waals surface area contributed by atoms with Crippen LogP contribution in [0, 0.1) is 0 Å². The molecule has 1 aliphatic heterocycles. The summed E-state index contributed by atoms with van der Waals surface area (Å²) < 4.78 is 11.6. The van der Waals surface area contributed by atoms with Gasteiger partial charge in [-0.25, -0.2) is 5.43 Å². The number of phenolic OH excluding ortho intramolecular Hbond substituents is 1. The molecular formula is C24H26ClN3O4. The van der Waals surface area contributed by atoms with Crippen molar-refractivity contribution in [2.45, 2.75) is 50.9 Å². The highest BCUT2D eigenvalue weighted by atomic mass is 35.5. The molecular weight excluding hydrogens is 430 g/mol. The van der Waals surface area contributed by atoms with E-state index in [1.807, 2.05) is 25.1 Å². The van der Waals surface area contributed by atoms with E-state index in [9.17, 15) is 9.90 Å². The highest BCUT2D eigenvalue weighted by molar-refractivity contribution is 6.32. The molecule has 1 aliphatic carbocycles. The molecule has 4 N–H and O–H groups in total. The zero-order valence-corrected chi connectivity index (χ0v) is 18.6. The first-order valence-corrected chi connectivity index (χ1v) is 11.0. The molecule has 0 radical (unpaired) electrons. The number of hydrazone groups is 1. The van der Waals surface area contributed by atoms with Crippen molar-refractivity contribution in [1.29, 1.82) is 0 Å². The average molecular weight is 456 g/mol. The fourth-order valence-corrected chi connectivity index (χ4v) is 4.12. The van der Waals surface area contributed by atoms with Crippen LogP contribution in [-0.2, 0) is 0 Å². The molecule has 7 nitrogen and oxygen atoms in total. The smallest absolute Gasteiger partial charge is 0.271 e. The first kappa shape index (κ1) is 22.2. The molecule has 0 bridgehead atoms. The number of nitrogens with two attached hydrogens (primary N) is 1. The molecule has 1 atom stereocenters. The van der Waals surface area contributed by atoms with Crippen molar-refractivity contribution in [2.24, 2.45) is 10.8 Å². The van der Waals surface area contributed by atoms with Gasteiger partial charge in [0.25, 0.3) is 5.91 Å². The van der Waals surface area contributed by atoms with Gasteiger partial charge in [0, 0.05) is 23.6 Å². The number of ether oxygens (including phenoxy) is 2. The van der Waals surface area contributed by atoms with Crippen LogP contribution >= 0.6 is 11.6 Å². The molecule has 0 spiro atoms. The van der Waals surface area contributed by atoms with E-state index in [1.165, 1.54) is 30.8 Å². The molecule has 4 rings (SSSR count). The number of nitrogens with one attached hydrogen (secondary N) is 1. The van der Waals surface area contributed by atoms with Gasteiger partial charge < -0.3 is 20.3 Å². The van der Waals surface area contributed by atoms with Crippen LogP contribution in [0.5, 0.6) is 17.2 Å². The lowest BCUT2D eigenvalue weighted by Crippen LogP contribution is -2.39. The van der Waals surface area contributed by atoms with Crippen LogP contribution in [0.4, 0.5) is 0 Å². The van der Waals surface area contributed by atoms with Crippen LogP contribution in [-0.4, -0.2) is 29.1 Å². The lowest BCUT2D eigenvalue weighted by atomic mass is 9.82. The van der Waals surface area contributed by atoms with E-state index in [0.717, 1.165) is 36.8 Å². The minimum Gasteiger partial charge on any atom is -0.506 e. The first-order valence-electron chi connectivity index (χ1n) is 10.6. The van der Waals surface area contributed by atoms with Crippen molar-refractivity contribution < 1.29 is 19.4 Å². The van der Waals surface area contributed by atoms with E-state index in [1.54, 1.807) is 0 Å². The summed E-state index contributed by atoms with van der Waals surface area (Å²) in [6, 6.07) is 7.92. The second-order valence-corrected chi connectivity index (χ2v) is 8.64. The van der Waals surface area contributed by atoms with Crippen molar-refractivity contribution in [3.8, 4) is 17.2 Å². The molecule has 2 aromatic carbocycles. The number of carbonyl (C=O) groups excluding carboxylic acids is 1. The van der Waals surface area contributed by atoms with Crippen LogP contribution in [0.3, 0.4) is 0 Å². The minimum absolute atomic E-state index is 0.0885. The molecule has 32 heavy (non-hydrogen) atoms. The minimum atomic E-state index is -0.444. The number of benzene rings is 2. The second-order valence-electron chi connectivity index (χ2n) is 8.23. The van der Waals surface area contributed by atoms with Crippen LogP contribution in [0.1, 0.15) is 60.5 Å². The van der Waals surface area contributed by atoms with Gasteiger partial charge in [-0.05, 0) is 48.7 Å². The van der Waals surface area contributed by atoms with E-state index in [4.69, 9.17) is 26.8 Å². The highest BCUT2D eigenvalue weighted by Crippen LogP contribution is 2.40. The third-order valence-electron chi connectivity index (χ3n) is 5.65. The number of aromatic hydroxyl groups is 1. The van der Waals surface area contributed by atoms with E-state index < -0.39 is 5.91 Å². The molecule has 1 saturated carbocycles. The summed E-state index contributed by atoms with van der Waals surface area (Å²) in [5, 5.41) is 13.6. The number of carbonyl (C=O) groups is 1. The van der Waals surface area contributed by atoms with E-state index in [2.05, 4.69) is 16.6 Å². The van der Waals surface area contributed by atoms with Crippen molar-refractivity contribution in [1.82, 2.24) is 5.43 Å². The highest BCUT2D eigenvalue weighted by Gasteiger charge is 2.26. The Balaban J connectivity index is 1.52. The Labute approximate surface area is 191 Å². The van der Waals surface area contributed by atoms with Gasteiger partial charge in [0.15, 0.2) is 11.5 Å². The summed E-state index contributed by atoms with van der Waals surface area (Å²) in [5.74, 6) is 0.759. The average Bonchev–Trinajstić information content (AvgIpc) is 3.14. The maximum atomic E-state index is 12.3. The summed E-state index contributed by atoms with van der Waals surface area (Å²) >= 11 is 5.86. The zero-order valence-electron chi connectivity index (χ0n) is 17.8. The number of hydrogen-bond donors (Lipinski definition) is 3. The molecule has 2 aliphatic rings. The monoisotopic (exact) mass is 455 g/mol. The Morgan fingerprint density at radius 1 is 1.25 bits per heavy atom. The predicted molar refractivity (Wildman–Crippen MR) is 124 cm³/mol. The number of hydrogen-bond acceptors (Lipinski definition) is 6. The van der Waals surface area contributed by atoms with Gasteiger partial charge in [-0.1, -0.05) is 43.0 Å². The number of fused-ring (bicyclic) bond motifs is 1. The number of amides is 1. The Hall–Kier alpha value is -3.03. The third-order valence-corrected chi connectivity index (χ3v) is 5.95. The fraction of sp³-hybridized carbons (Fsp3) is 0.333. The molecule has 0 saturated heterocycles. The Morgan fingerprint density at radius 3 is 2.78 bits per heavy atom. The van der Waals surface area contributed by atoms with Crippen LogP contribution in [0.15, 0.2) is 41.5 Å². The quantitative estimate of drug-likeness (QED) is 0.451. The second kappa shape index (κ2) is 9.22. The molecule has 1 unspecified atom stereocenters. The SMILES string of the molecule is CC1Oc2cc(/C=N/NC(=O)c3ccc(O)c(Cl)c3)cc(/C=C/C3(N)CCCCC3)c2O1. The Morgan fingerprint density at radius 2 is 2.03 bits per heavy atom. The van der Waals surface area contributed by atoms with Gasteiger partial charge in [-0.2, -0.15) is 5.10 Å². The summed E-state index contributed by atoms with van der Waals surface area (Å²) in [6.07, 6.45) is 10.6. The maximum absolute atomic E-state index is 12.3. The number of halogens is 1. The first-order chi connectivity index (χ1) is 15.3. The lowest BCUT2D eigenvalue weighted by molar-refractivity contribution is 0.0677. The van der Waals surface area contributed by atoms with E-state index in [-0.39, 0.29) is 28.2 Å². The lowest BCUT2D eigenvalue weighted by Gasteiger charge is -2.30. The van der Waals surface area contributed by atoms with Crippen LogP contribution in [0.2, 0.25) is 5.02 Å². The molecule has 8 heteroatoms. The number of phenols is 1. The van der Waals surface area contributed by atoms with E-state index in [0.29, 0.717) is 11.5 Å². The molecule has 168 valence electrons. The van der Waals surface area contributed by atoms with Crippen molar-refractivity contribution in [3.63, 3.8) is 0 Å². The van der Waals surface area contributed by atoms with Gasteiger partial charge in [0.05, 0.1) is 11.2 Å².